The van der Waals surface area contributed by atoms with E-state index >= 15 is 0 Å². The minimum atomic E-state index is 0.706. The van der Waals surface area contributed by atoms with Gasteiger partial charge in [0.15, 0.2) is 5.96 Å². The predicted octanol–water partition coefficient (Wildman–Crippen LogP) is 2.41. The van der Waals surface area contributed by atoms with Crippen LogP contribution in [0.5, 0.6) is 0 Å². The van der Waals surface area contributed by atoms with Crippen LogP contribution in [0.2, 0.25) is 0 Å². The number of nitrogens with zero attached hydrogens (tertiary/aromatic N) is 4. The Morgan fingerprint density at radius 1 is 1.42 bits per heavy atom. The van der Waals surface area contributed by atoms with Crippen molar-refractivity contribution >= 4 is 17.7 Å². The lowest BCUT2D eigenvalue weighted by Gasteiger charge is -2.36. The van der Waals surface area contributed by atoms with Gasteiger partial charge in [0.1, 0.15) is 5.82 Å². The van der Waals surface area contributed by atoms with Crippen LogP contribution < -0.4 is 5.32 Å². The number of hydrogen-bond acceptors (Lipinski definition) is 3. The summed E-state index contributed by atoms with van der Waals surface area (Å²) in [6, 6.07) is 0. The fraction of sp³-hybridized carbons (Fsp3) is 0.778. The molecule has 1 unspecified atom stereocenters. The molecule has 1 N–H and O–H groups in total. The highest BCUT2D eigenvalue weighted by molar-refractivity contribution is 8.00. The molecule has 1 saturated heterocycles. The maximum atomic E-state index is 4.79. The van der Waals surface area contributed by atoms with Crippen molar-refractivity contribution in [2.75, 3.05) is 32.4 Å². The van der Waals surface area contributed by atoms with Crippen LogP contribution in [0.4, 0.5) is 0 Å². The van der Waals surface area contributed by atoms with Crippen LogP contribution in [0.1, 0.15) is 38.2 Å². The van der Waals surface area contributed by atoms with Crippen molar-refractivity contribution in [3.63, 3.8) is 0 Å². The van der Waals surface area contributed by atoms with Crippen molar-refractivity contribution < 1.29 is 0 Å². The SMILES string of the molecule is CN=C(NCCc1cn2c(n1)CCCC2)N1CCSC(C(C)C)C1. The highest BCUT2D eigenvalue weighted by Gasteiger charge is 2.24. The Balaban J connectivity index is 1.50. The number of thioether (sulfide) groups is 1. The molecule has 0 bridgehead atoms. The van der Waals surface area contributed by atoms with Gasteiger partial charge in [-0.05, 0) is 18.8 Å². The average Bonchev–Trinajstić information content (AvgIpc) is 3.01. The van der Waals surface area contributed by atoms with Crippen molar-refractivity contribution in [3.8, 4) is 0 Å². The molecular weight excluding hydrogens is 318 g/mol. The summed E-state index contributed by atoms with van der Waals surface area (Å²) in [4.78, 5) is 11.7. The molecule has 1 atom stereocenters. The van der Waals surface area contributed by atoms with Crippen LogP contribution in [-0.4, -0.2) is 58.1 Å². The molecule has 1 aromatic heterocycles. The molecule has 0 saturated carbocycles. The summed E-state index contributed by atoms with van der Waals surface area (Å²) in [6.45, 7) is 8.86. The molecule has 134 valence electrons. The van der Waals surface area contributed by atoms with Gasteiger partial charge in [0, 0.05) is 63.3 Å². The summed E-state index contributed by atoms with van der Waals surface area (Å²) < 4.78 is 2.34. The first-order valence-corrected chi connectivity index (χ1v) is 10.3. The van der Waals surface area contributed by atoms with Crippen LogP contribution in [0.15, 0.2) is 11.2 Å². The quantitative estimate of drug-likeness (QED) is 0.670. The van der Waals surface area contributed by atoms with E-state index in [4.69, 9.17) is 4.98 Å². The van der Waals surface area contributed by atoms with Gasteiger partial charge in [0.2, 0.25) is 0 Å². The number of rotatable bonds is 4. The lowest BCUT2D eigenvalue weighted by molar-refractivity contribution is 0.381. The molecule has 3 rings (SSSR count). The molecule has 24 heavy (non-hydrogen) atoms. The third-order valence-corrected chi connectivity index (χ3v) is 6.51. The monoisotopic (exact) mass is 349 g/mol. The summed E-state index contributed by atoms with van der Waals surface area (Å²) in [5.41, 5.74) is 1.21. The van der Waals surface area contributed by atoms with E-state index in [0.29, 0.717) is 11.2 Å². The normalized spacial score (nSPS) is 21.9. The molecule has 3 heterocycles. The Bertz CT molecular complexity index is 542. The van der Waals surface area contributed by atoms with Gasteiger partial charge in [0.05, 0.1) is 5.69 Å². The van der Waals surface area contributed by atoms with Gasteiger partial charge in [-0.2, -0.15) is 11.8 Å². The fourth-order valence-corrected chi connectivity index (χ4v) is 4.80. The van der Waals surface area contributed by atoms with Crippen LogP contribution in [0, 0.1) is 5.92 Å². The minimum absolute atomic E-state index is 0.706. The third-order valence-electron chi connectivity index (χ3n) is 4.97. The number of fused-ring (bicyclic) bond motifs is 1. The topological polar surface area (TPSA) is 45.5 Å². The van der Waals surface area contributed by atoms with Gasteiger partial charge in [0.25, 0.3) is 0 Å². The lowest BCUT2D eigenvalue weighted by Crippen LogP contribution is -2.49. The molecule has 0 radical (unpaired) electrons. The van der Waals surface area contributed by atoms with Gasteiger partial charge >= 0.3 is 0 Å². The van der Waals surface area contributed by atoms with Crippen LogP contribution >= 0.6 is 11.8 Å². The molecule has 5 nitrogen and oxygen atoms in total. The van der Waals surface area contributed by atoms with E-state index in [-0.39, 0.29) is 0 Å². The van der Waals surface area contributed by atoms with Crippen molar-refractivity contribution in [3.05, 3.63) is 17.7 Å². The maximum absolute atomic E-state index is 4.79. The van der Waals surface area contributed by atoms with Crippen molar-refractivity contribution in [1.82, 2.24) is 19.8 Å². The van der Waals surface area contributed by atoms with Crippen LogP contribution in [0.3, 0.4) is 0 Å². The van der Waals surface area contributed by atoms with Crippen molar-refractivity contribution in [2.24, 2.45) is 10.9 Å². The summed E-state index contributed by atoms with van der Waals surface area (Å²) in [5, 5.41) is 4.25. The second kappa shape index (κ2) is 8.28. The average molecular weight is 350 g/mol. The molecule has 0 amide bonds. The zero-order valence-corrected chi connectivity index (χ0v) is 16.1. The predicted molar refractivity (Wildman–Crippen MR) is 103 cm³/mol. The first kappa shape index (κ1) is 17.6. The lowest BCUT2D eigenvalue weighted by atomic mass is 10.1. The van der Waals surface area contributed by atoms with Crippen molar-refractivity contribution in [2.45, 2.75) is 51.3 Å². The minimum Gasteiger partial charge on any atom is -0.356 e. The first-order valence-electron chi connectivity index (χ1n) is 9.29. The number of nitrogens with one attached hydrogen (secondary N) is 1. The van der Waals surface area contributed by atoms with Gasteiger partial charge in [-0.3, -0.25) is 4.99 Å². The van der Waals surface area contributed by atoms with Crippen LogP contribution in [0.25, 0.3) is 0 Å². The fourth-order valence-electron chi connectivity index (χ4n) is 3.50. The number of aromatic nitrogens is 2. The van der Waals surface area contributed by atoms with Gasteiger partial charge in [-0.25, -0.2) is 4.98 Å². The standard InChI is InChI=1S/C18H31N5S/c1-14(2)16-13-23(10-11-24-16)18(19-3)20-8-7-15-12-22-9-5-4-6-17(22)21-15/h12,14,16H,4-11,13H2,1-3H3,(H,19,20). The zero-order valence-electron chi connectivity index (χ0n) is 15.3. The van der Waals surface area contributed by atoms with Gasteiger partial charge in [-0.15, -0.1) is 0 Å². The second-order valence-corrected chi connectivity index (χ2v) is 8.47. The molecule has 2 aliphatic rings. The summed E-state index contributed by atoms with van der Waals surface area (Å²) in [7, 11) is 1.89. The Kier molecular flexibility index (Phi) is 6.09. The number of hydrogen-bond donors (Lipinski definition) is 1. The molecule has 1 fully saturated rings. The largest absolute Gasteiger partial charge is 0.356 e. The Labute approximate surface area is 150 Å². The number of guanidine groups is 1. The zero-order chi connectivity index (χ0) is 16.9. The molecule has 6 heteroatoms. The summed E-state index contributed by atoms with van der Waals surface area (Å²) >= 11 is 2.10. The summed E-state index contributed by atoms with van der Waals surface area (Å²) in [5.74, 6) is 4.23. The van der Waals surface area contributed by atoms with E-state index in [9.17, 15) is 0 Å². The maximum Gasteiger partial charge on any atom is 0.193 e. The molecule has 0 spiro atoms. The molecule has 0 aromatic carbocycles. The molecule has 0 aliphatic carbocycles. The van der Waals surface area contributed by atoms with Crippen LogP contribution in [-0.2, 0) is 19.4 Å². The number of aliphatic imine (C=N–C) groups is 1. The van der Waals surface area contributed by atoms with Gasteiger partial charge < -0.3 is 14.8 Å². The van der Waals surface area contributed by atoms with E-state index in [1.807, 2.05) is 7.05 Å². The van der Waals surface area contributed by atoms with E-state index in [0.717, 1.165) is 45.0 Å². The highest BCUT2D eigenvalue weighted by atomic mass is 32.2. The van der Waals surface area contributed by atoms with Gasteiger partial charge in [-0.1, -0.05) is 13.8 Å². The van der Waals surface area contributed by atoms with E-state index in [1.54, 1.807) is 0 Å². The third kappa shape index (κ3) is 4.26. The Morgan fingerprint density at radius 3 is 3.04 bits per heavy atom. The molecular formula is C18H31N5S. The second-order valence-electron chi connectivity index (χ2n) is 7.12. The first-order chi connectivity index (χ1) is 11.7. The Morgan fingerprint density at radius 2 is 2.29 bits per heavy atom. The smallest absolute Gasteiger partial charge is 0.193 e. The highest BCUT2D eigenvalue weighted by Crippen LogP contribution is 2.24. The van der Waals surface area contributed by atoms with Crippen molar-refractivity contribution in [1.29, 1.82) is 0 Å². The Hall–Kier alpha value is -1.17. The van der Waals surface area contributed by atoms with E-state index in [2.05, 4.69) is 51.6 Å². The molecule has 1 aromatic rings. The molecule has 2 aliphatic heterocycles. The van der Waals surface area contributed by atoms with E-state index in [1.165, 1.54) is 30.1 Å². The van der Waals surface area contributed by atoms with E-state index < -0.39 is 0 Å². The number of imidazole rings is 1. The number of aryl methyl sites for hydroxylation is 2. The summed E-state index contributed by atoms with van der Waals surface area (Å²) in [6.07, 6.45) is 6.92.